The second kappa shape index (κ2) is 9.56. The van der Waals surface area contributed by atoms with Crippen molar-refractivity contribution in [3.05, 3.63) is 63.1 Å². The molecule has 0 aliphatic carbocycles. The van der Waals surface area contributed by atoms with E-state index in [0.717, 1.165) is 0 Å². The van der Waals surface area contributed by atoms with Crippen LogP contribution in [0.15, 0.2) is 40.9 Å². The van der Waals surface area contributed by atoms with Crippen LogP contribution in [0.25, 0.3) is 0 Å². The lowest BCUT2D eigenvalue weighted by Crippen LogP contribution is -2.30. The number of halogens is 4. The maximum absolute atomic E-state index is 13.7. The van der Waals surface area contributed by atoms with Crippen molar-refractivity contribution >= 4 is 62.3 Å². The van der Waals surface area contributed by atoms with Crippen molar-refractivity contribution in [3.63, 3.8) is 0 Å². The molecule has 0 unspecified atom stereocenters. The van der Waals surface area contributed by atoms with Gasteiger partial charge in [0.15, 0.2) is 5.11 Å². The molecule has 0 aliphatic rings. The van der Waals surface area contributed by atoms with Crippen LogP contribution in [0.1, 0.15) is 5.56 Å². The molecule has 0 aliphatic heterocycles. The minimum absolute atomic E-state index is 0.300. The standard InChI is InChI=1S/C16H14BrClF2N2S2/c17-10-4-5-15(14(20)8-10)22-16(23)21-6-7-24-9-11-12(18)2-1-3-13(11)19/h1-5,8H,6-7,9H2,(H2,21,22,23). The lowest BCUT2D eigenvalue weighted by Gasteiger charge is -2.11. The molecule has 8 heteroatoms. The Bertz CT molecular complexity index is 711. The zero-order valence-corrected chi connectivity index (χ0v) is 16.4. The summed E-state index contributed by atoms with van der Waals surface area (Å²) in [5.41, 5.74) is 0.809. The Balaban J connectivity index is 1.71. The molecule has 0 spiro atoms. The Morgan fingerprint density at radius 1 is 1.21 bits per heavy atom. The summed E-state index contributed by atoms with van der Waals surface area (Å²) in [6.45, 7) is 0.570. The third kappa shape index (κ3) is 5.88. The molecular weight excluding hydrogens is 438 g/mol. The van der Waals surface area contributed by atoms with Gasteiger partial charge in [0, 0.05) is 33.1 Å². The summed E-state index contributed by atoms with van der Waals surface area (Å²) in [5.74, 6) is 0.493. The predicted molar refractivity (Wildman–Crippen MR) is 106 cm³/mol. The largest absolute Gasteiger partial charge is 0.362 e. The minimum Gasteiger partial charge on any atom is -0.362 e. The maximum atomic E-state index is 13.7. The Morgan fingerprint density at radius 3 is 2.71 bits per heavy atom. The van der Waals surface area contributed by atoms with Gasteiger partial charge in [0.2, 0.25) is 0 Å². The van der Waals surface area contributed by atoms with E-state index in [-0.39, 0.29) is 5.82 Å². The monoisotopic (exact) mass is 450 g/mol. The number of anilines is 1. The van der Waals surface area contributed by atoms with Crippen molar-refractivity contribution in [2.75, 3.05) is 17.6 Å². The Hall–Kier alpha value is -0.890. The zero-order valence-electron chi connectivity index (χ0n) is 12.4. The highest BCUT2D eigenvalue weighted by atomic mass is 79.9. The lowest BCUT2D eigenvalue weighted by molar-refractivity contribution is 0.617. The van der Waals surface area contributed by atoms with Crippen LogP contribution in [-0.4, -0.2) is 17.4 Å². The Labute approximate surface area is 162 Å². The van der Waals surface area contributed by atoms with E-state index in [9.17, 15) is 8.78 Å². The van der Waals surface area contributed by atoms with Gasteiger partial charge in [0.25, 0.3) is 0 Å². The number of thiocarbonyl (C=S) groups is 1. The van der Waals surface area contributed by atoms with Gasteiger partial charge in [0.1, 0.15) is 11.6 Å². The second-order valence-electron chi connectivity index (χ2n) is 4.76. The first-order valence-electron chi connectivity index (χ1n) is 6.98. The van der Waals surface area contributed by atoms with Gasteiger partial charge in [-0.15, -0.1) is 0 Å². The van der Waals surface area contributed by atoms with E-state index in [4.69, 9.17) is 23.8 Å². The van der Waals surface area contributed by atoms with Crippen molar-refractivity contribution in [1.82, 2.24) is 5.32 Å². The number of hydrogen-bond donors (Lipinski definition) is 2. The fourth-order valence-electron chi connectivity index (χ4n) is 1.84. The average molecular weight is 452 g/mol. The molecule has 2 N–H and O–H groups in total. The molecule has 0 bridgehead atoms. The first kappa shape index (κ1) is 19.4. The van der Waals surface area contributed by atoms with Crippen molar-refractivity contribution in [1.29, 1.82) is 0 Å². The van der Waals surface area contributed by atoms with E-state index >= 15 is 0 Å². The third-order valence-electron chi connectivity index (χ3n) is 3.02. The van der Waals surface area contributed by atoms with Gasteiger partial charge in [-0.25, -0.2) is 8.78 Å². The van der Waals surface area contributed by atoms with Crippen molar-refractivity contribution in [2.45, 2.75) is 5.75 Å². The molecule has 0 amide bonds. The van der Waals surface area contributed by atoms with E-state index in [1.807, 2.05) is 0 Å². The van der Waals surface area contributed by atoms with Gasteiger partial charge in [-0.05, 0) is 42.5 Å². The van der Waals surface area contributed by atoms with Crippen LogP contribution < -0.4 is 10.6 Å². The summed E-state index contributed by atoms with van der Waals surface area (Å²) in [6.07, 6.45) is 0. The highest BCUT2D eigenvalue weighted by molar-refractivity contribution is 9.10. The van der Waals surface area contributed by atoms with Crippen molar-refractivity contribution < 1.29 is 8.78 Å². The summed E-state index contributed by atoms with van der Waals surface area (Å²) in [7, 11) is 0. The molecule has 0 saturated carbocycles. The summed E-state index contributed by atoms with van der Waals surface area (Å²) in [5, 5.41) is 6.54. The van der Waals surface area contributed by atoms with E-state index in [1.165, 1.54) is 23.9 Å². The summed E-state index contributed by atoms with van der Waals surface area (Å²) in [6, 6.07) is 9.33. The van der Waals surface area contributed by atoms with Gasteiger partial charge >= 0.3 is 0 Å². The molecule has 0 saturated heterocycles. The molecule has 0 radical (unpaired) electrons. The summed E-state index contributed by atoms with van der Waals surface area (Å²) in [4.78, 5) is 0. The SMILES string of the molecule is Fc1cc(Br)ccc1NC(=S)NCCSCc1c(F)cccc1Cl. The van der Waals surface area contributed by atoms with E-state index in [1.54, 1.807) is 24.3 Å². The lowest BCUT2D eigenvalue weighted by atomic mass is 10.2. The molecule has 2 rings (SSSR count). The first-order valence-corrected chi connectivity index (χ1v) is 9.71. The molecule has 128 valence electrons. The fourth-order valence-corrected chi connectivity index (χ4v) is 3.58. The highest BCUT2D eigenvalue weighted by Gasteiger charge is 2.07. The molecule has 2 nitrogen and oxygen atoms in total. The van der Waals surface area contributed by atoms with Crippen LogP contribution in [-0.2, 0) is 5.75 Å². The third-order valence-corrected chi connectivity index (χ3v) is 5.10. The number of nitrogens with one attached hydrogen (secondary N) is 2. The number of rotatable bonds is 6. The molecule has 0 atom stereocenters. The van der Waals surface area contributed by atoms with Gasteiger partial charge in [0.05, 0.1) is 5.69 Å². The molecular formula is C16H14BrClF2N2S2. The molecule has 2 aromatic carbocycles. The van der Waals surface area contributed by atoms with Crippen LogP contribution in [0.3, 0.4) is 0 Å². The van der Waals surface area contributed by atoms with Gasteiger partial charge in [-0.3, -0.25) is 0 Å². The molecule has 0 aromatic heterocycles. The van der Waals surface area contributed by atoms with E-state index in [2.05, 4.69) is 26.6 Å². The van der Waals surface area contributed by atoms with Crippen molar-refractivity contribution in [2.24, 2.45) is 0 Å². The number of hydrogen-bond acceptors (Lipinski definition) is 2. The molecule has 2 aromatic rings. The summed E-state index contributed by atoms with van der Waals surface area (Å²) < 4.78 is 28.0. The van der Waals surface area contributed by atoms with Crippen LogP contribution in [0.5, 0.6) is 0 Å². The van der Waals surface area contributed by atoms with Crippen molar-refractivity contribution in [3.8, 4) is 0 Å². The molecule has 0 heterocycles. The number of thioether (sulfide) groups is 1. The predicted octanol–water partition coefficient (Wildman–Crippen LogP) is 5.60. The molecule has 0 fully saturated rings. The second-order valence-corrected chi connectivity index (χ2v) is 7.59. The van der Waals surface area contributed by atoms with Crippen LogP contribution in [0.2, 0.25) is 5.02 Å². The quantitative estimate of drug-likeness (QED) is 0.441. The van der Waals surface area contributed by atoms with Gasteiger partial charge < -0.3 is 10.6 Å². The van der Waals surface area contributed by atoms with E-state index < -0.39 is 5.82 Å². The van der Waals surface area contributed by atoms with Gasteiger partial charge in [-0.2, -0.15) is 11.8 Å². The van der Waals surface area contributed by atoms with Crippen LogP contribution in [0.4, 0.5) is 14.5 Å². The fraction of sp³-hybridized carbons (Fsp3) is 0.188. The smallest absolute Gasteiger partial charge is 0.170 e. The Kier molecular flexibility index (Phi) is 7.74. The normalized spacial score (nSPS) is 10.5. The van der Waals surface area contributed by atoms with Gasteiger partial charge in [-0.1, -0.05) is 33.6 Å². The average Bonchev–Trinajstić information content (AvgIpc) is 2.52. The summed E-state index contributed by atoms with van der Waals surface area (Å²) >= 11 is 15.8. The highest BCUT2D eigenvalue weighted by Crippen LogP contribution is 2.23. The molecule has 24 heavy (non-hydrogen) atoms. The Morgan fingerprint density at radius 2 is 2.00 bits per heavy atom. The van der Waals surface area contributed by atoms with Crippen LogP contribution >= 0.6 is 51.5 Å². The maximum Gasteiger partial charge on any atom is 0.170 e. The van der Waals surface area contributed by atoms with E-state index in [0.29, 0.717) is 43.9 Å². The number of benzene rings is 2. The zero-order chi connectivity index (χ0) is 17.5. The van der Waals surface area contributed by atoms with Crippen LogP contribution in [0, 0.1) is 11.6 Å². The minimum atomic E-state index is -0.392. The first-order chi connectivity index (χ1) is 11.5. The topological polar surface area (TPSA) is 24.1 Å².